The molecule has 166 valence electrons. The molecule has 2 saturated carbocycles. The number of rotatable bonds is 6. The van der Waals surface area contributed by atoms with E-state index in [1.165, 1.54) is 37.0 Å². The summed E-state index contributed by atoms with van der Waals surface area (Å²) in [4.78, 5) is 9.05. The SMILES string of the molecule is CCNC(=NCC(c1cccs1)N1CCOCC1)NC1C2CCOC2C12CCCC2. The molecule has 4 atom stereocenters. The number of hydrogen-bond acceptors (Lipinski definition) is 5. The molecular formula is C23H36N4O2S. The Morgan fingerprint density at radius 2 is 2.13 bits per heavy atom. The van der Waals surface area contributed by atoms with Crippen molar-refractivity contribution >= 4 is 17.3 Å². The minimum Gasteiger partial charge on any atom is -0.379 e. The number of fused-ring (bicyclic) bond motifs is 2. The van der Waals surface area contributed by atoms with Crippen molar-refractivity contribution in [1.82, 2.24) is 15.5 Å². The summed E-state index contributed by atoms with van der Waals surface area (Å²) >= 11 is 1.84. The van der Waals surface area contributed by atoms with Crippen LogP contribution in [-0.4, -0.2) is 69.0 Å². The van der Waals surface area contributed by atoms with E-state index in [-0.39, 0.29) is 0 Å². The van der Waals surface area contributed by atoms with Gasteiger partial charge in [0.1, 0.15) is 0 Å². The smallest absolute Gasteiger partial charge is 0.191 e. The van der Waals surface area contributed by atoms with Crippen LogP contribution >= 0.6 is 11.3 Å². The molecule has 2 N–H and O–H groups in total. The third-order valence-electron chi connectivity index (χ3n) is 7.70. The first kappa shape index (κ1) is 20.7. The van der Waals surface area contributed by atoms with Gasteiger partial charge in [-0.15, -0.1) is 11.3 Å². The monoisotopic (exact) mass is 432 g/mol. The molecule has 5 rings (SSSR count). The maximum Gasteiger partial charge on any atom is 0.191 e. The molecule has 4 unspecified atom stereocenters. The van der Waals surface area contributed by atoms with Gasteiger partial charge in [-0.2, -0.15) is 0 Å². The second-order valence-electron chi connectivity index (χ2n) is 9.21. The molecule has 3 heterocycles. The average Bonchev–Trinajstić information content (AvgIpc) is 3.54. The van der Waals surface area contributed by atoms with Gasteiger partial charge in [0.2, 0.25) is 0 Å². The molecule has 7 heteroatoms. The van der Waals surface area contributed by atoms with Crippen molar-refractivity contribution in [2.45, 2.75) is 57.2 Å². The van der Waals surface area contributed by atoms with Gasteiger partial charge < -0.3 is 20.1 Å². The number of ether oxygens (including phenoxy) is 2. The van der Waals surface area contributed by atoms with E-state index in [9.17, 15) is 0 Å². The summed E-state index contributed by atoms with van der Waals surface area (Å²) in [6.45, 7) is 8.35. The Hall–Kier alpha value is -1.15. The van der Waals surface area contributed by atoms with E-state index < -0.39 is 0 Å². The van der Waals surface area contributed by atoms with Crippen LogP contribution in [0.2, 0.25) is 0 Å². The number of hydrogen-bond donors (Lipinski definition) is 2. The normalized spacial score (nSPS) is 32.0. The van der Waals surface area contributed by atoms with Crippen molar-refractivity contribution in [2.75, 3.05) is 46.0 Å². The Kier molecular flexibility index (Phi) is 6.32. The first-order valence-corrected chi connectivity index (χ1v) is 12.7. The summed E-state index contributed by atoms with van der Waals surface area (Å²) in [7, 11) is 0. The maximum absolute atomic E-state index is 6.17. The van der Waals surface area contributed by atoms with E-state index >= 15 is 0 Å². The lowest BCUT2D eigenvalue weighted by Crippen LogP contribution is -2.69. The Labute approximate surface area is 184 Å². The lowest BCUT2D eigenvalue weighted by atomic mass is 9.54. The molecular weight excluding hydrogens is 396 g/mol. The summed E-state index contributed by atoms with van der Waals surface area (Å²) in [6, 6.07) is 5.24. The van der Waals surface area contributed by atoms with Gasteiger partial charge >= 0.3 is 0 Å². The summed E-state index contributed by atoms with van der Waals surface area (Å²) < 4.78 is 11.8. The molecule has 30 heavy (non-hydrogen) atoms. The van der Waals surface area contributed by atoms with Gasteiger partial charge in [0.25, 0.3) is 0 Å². The fourth-order valence-corrected chi connectivity index (χ4v) is 7.16. The summed E-state index contributed by atoms with van der Waals surface area (Å²) in [5.74, 6) is 1.63. The second kappa shape index (κ2) is 9.15. The van der Waals surface area contributed by atoms with Gasteiger partial charge in [-0.05, 0) is 37.6 Å². The highest BCUT2D eigenvalue weighted by molar-refractivity contribution is 7.10. The van der Waals surface area contributed by atoms with Crippen molar-refractivity contribution < 1.29 is 9.47 Å². The first-order valence-electron chi connectivity index (χ1n) is 11.8. The molecule has 1 aromatic heterocycles. The summed E-state index contributed by atoms with van der Waals surface area (Å²) in [5, 5.41) is 9.59. The van der Waals surface area contributed by atoms with Crippen molar-refractivity contribution in [2.24, 2.45) is 16.3 Å². The molecule has 4 aliphatic rings. The lowest BCUT2D eigenvalue weighted by molar-refractivity contribution is -0.125. The Bertz CT molecular complexity index is 713. The zero-order valence-electron chi connectivity index (χ0n) is 18.1. The van der Waals surface area contributed by atoms with Gasteiger partial charge in [-0.25, -0.2) is 0 Å². The molecule has 1 aromatic rings. The lowest BCUT2D eigenvalue weighted by Gasteiger charge is -2.57. The third-order valence-corrected chi connectivity index (χ3v) is 8.68. The van der Waals surface area contributed by atoms with Crippen molar-refractivity contribution in [3.63, 3.8) is 0 Å². The molecule has 0 amide bonds. The molecule has 1 spiro atoms. The number of thiophene rings is 1. The summed E-state index contributed by atoms with van der Waals surface area (Å²) in [5.41, 5.74) is 0.342. The van der Waals surface area contributed by atoms with Crippen LogP contribution in [0.15, 0.2) is 22.5 Å². The predicted octanol–water partition coefficient (Wildman–Crippen LogP) is 3.02. The van der Waals surface area contributed by atoms with E-state index in [1.54, 1.807) is 0 Å². The largest absolute Gasteiger partial charge is 0.379 e. The molecule has 4 fully saturated rings. The van der Waals surface area contributed by atoms with Crippen LogP contribution < -0.4 is 10.6 Å². The van der Waals surface area contributed by atoms with Gasteiger partial charge in [-0.3, -0.25) is 9.89 Å². The molecule has 2 saturated heterocycles. The number of morpholine rings is 1. The maximum atomic E-state index is 6.17. The summed E-state index contributed by atoms with van der Waals surface area (Å²) in [6.07, 6.45) is 6.96. The molecule has 0 bridgehead atoms. The van der Waals surface area contributed by atoms with Crippen LogP contribution in [0.4, 0.5) is 0 Å². The zero-order valence-corrected chi connectivity index (χ0v) is 19.0. The number of aliphatic imine (C=N–C) groups is 1. The quantitative estimate of drug-likeness (QED) is 0.535. The van der Waals surface area contributed by atoms with Crippen LogP contribution in [0.3, 0.4) is 0 Å². The highest BCUT2D eigenvalue weighted by Crippen LogP contribution is 2.60. The van der Waals surface area contributed by atoms with Gasteiger partial charge in [0.05, 0.1) is 31.9 Å². The van der Waals surface area contributed by atoms with Crippen LogP contribution in [0, 0.1) is 11.3 Å². The van der Waals surface area contributed by atoms with Crippen LogP contribution in [-0.2, 0) is 9.47 Å². The van der Waals surface area contributed by atoms with E-state index in [0.29, 0.717) is 29.5 Å². The van der Waals surface area contributed by atoms with Crippen molar-refractivity contribution in [3.05, 3.63) is 22.4 Å². The highest BCUT2D eigenvalue weighted by Gasteiger charge is 2.65. The molecule has 2 aliphatic carbocycles. The Morgan fingerprint density at radius 3 is 2.87 bits per heavy atom. The van der Waals surface area contributed by atoms with Crippen LogP contribution in [0.1, 0.15) is 49.9 Å². The Balaban J connectivity index is 1.32. The van der Waals surface area contributed by atoms with E-state index in [0.717, 1.165) is 52.0 Å². The third kappa shape index (κ3) is 3.78. The fraction of sp³-hybridized carbons (Fsp3) is 0.783. The van der Waals surface area contributed by atoms with Gasteiger partial charge in [0.15, 0.2) is 5.96 Å². The molecule has 0 aromatic carbocycles. The second-order valence-corrected chi connectivity index (χ2v) is 10.2. The van der Waals surface area contributed by atoms with Gasteiger partial charge in [-0.1, -0.05) is 18.9 Å². The number of guanidine groups is 1. The number of nitrogens with zero attached hydrogens (tertiary/aromatic N) is 2. The fourth-order valence-electron chi connectivity index (χ4n) is 6.30. The van der Waals surface area contributed by atoms with Gasteiger partial charge in [0, 0.05) is 48.5 Å². The zero-order chi connectivity index (χ0) is 20.4. The van der Waals surface area contributed by atoms with Crippen LogP contribution in [0.25, 0.3) is 0 Å². The average molecular weight is 433 g/mol. The van der Waals surface area contributed by atoms with E-state index in [1.807, 2.05) is 11.3 Å². The predicted molar refractivity (Wildman–Crippen MR) is 121 cm³/mol. The molecule has 6 nitrogen and oxygen atoms in total. The van der Waals surface area contributed by atoms with E-state index in [2.05, 4.69) is 40.0 Å². The van der Waals surface area contributed by atoms with E-state index in [4.69, 9.17) is 14.5 Å². The van der Waals surface area contributed by atoms with Crippen molar-refractivity contribution in [1.29, 1.82) is 0 Å². The molecule has 2 aliphatic heterocycles. The standard InChI is InChI=1S/C23H36N4O2S/c1-2-24-22(26-20-17-7-12-29-21(17)23(20)8-3-4-9-23)25-16-18(19-6-5-15-30-19)27-10-13-28-14-11-27/h5-6,15,17-18,20-21H,2-4,7-14,16H2,1H3,(H2,24,25,26). The molecule has 0 radical (unpaired) electrons. The number of nitrogens with one attached hydrogen (secondary N) is 2. The highest BCUT2D eigenvalue weighted by atomic mass is 32.1. The minimum atomic E-state index is 0.328. The first-order chi connectivity index (χ1) is 14.8. The van der Waals surface area contributed by atoms with Crippen molar-refractivity contribution in [3.8, 4) is 0 Å². The Morgan fingerprint density at radius 1 is 1.30 bits per heavy atom. The minimum absolute atomic E-state index is 0.328. The topological polar surface area (TPSA) is 58.1 Å². The van der Waals surface area contributed by atoms with Crippen LogP contribution in [0.5, 0.6) is 0 Å².